The van der Waals surface area contributed by atoms with Gasteiger partial charge in [-0.25, -0.2) is 13.4 Å². The maximum absolute atomic E-state index is 12.2. The number of nitrogens with one attached hydrogen (secondary N) is 2. The Kier molecular flexibility index (Phi) is 5.32. The molecule has 0 aliphatic heterocycles. The first-order valence-corrected chi connectivity index (χ1v) is 9.38. The van der Waals surface area contributed by atoms with E-state index in [1.165, 1.54) is 30.4 Å². The van der Waals surface area contributed by atoms with Gasteiger partial charge in [0, 0.05) is 15.5 Å². The third-order valence-electron chi connectivity index (χ3n) is 2.70. The number of hydrogen-bond acceptors (Lipinski definition) is 5. The number of carbonyl (C=O) groups is 1. The number of benzene rings is 1. The van der Waals surface area contributed by atoms with Gasteiger partial charge in [0.1, 0.15) is 0 Å². The number of rotatable bonds is 5. The number of halogens is 1. The van der Waals surface area contributed by atoms with Crippen molar-refractivity contribution in [2.75, 3.05) is 5.32 Å². The van der Waals surface area contributed by atoms with Crippen LogP contribution in [0.1, 0.15) is 11.8 Å². The van der Waals surface area contributed by atoms with Crippen molar-refractivity contribution < 1.29 is 13.2 Å². The average molecular weight is 404 g/mol. The largest absolute Gasteiger partial charge is 0.301 e. The van der Waals surface area contributed by atoms with Crippen LogP contribution in [-0.4, -0.2) is 25.4 Å². The molecule has 0 radical (unpaired) electrons. The first-order valence-electron chi connectivity index (χ1n) is 6.29. The Labute approximate surface area is 141 Å². The van der Waals surface area contributed by atoms with Crippen LogP contribution in [0.5, 0.6) is 0 Å². The summed E-state index contributed by atoms with van der Waals surface area (Å²) in [5.74, 6) is -0.463. The lowest BCUT2D eigenvalue weighted by molar-refractivity contribution is -0.117. The second-order valence-corrected chi connectivity index (χ2v) is 8.43. The standard InChI is InChI=1S/C13H14BrN3O3S2/c1-8-7-15-13(21-8)16-12(18)9(2)17-22(19,20)11-5-3-10(14)4-6-11/h3-7,9,17H,1-2H3,(H,15,16,18)/t9-/m0/s1. The lowest BCUT2D eigenvalue weighted by Gasteiger charge is -2.13. The number of carbonyl (C=O) groups excluding carboxylic acids is 1. The molecule has 0 saturated carbocycles. The number of sulfonamides is 1. The highest BCUT2D eigenvalue weighted by Crippen LogP contribution is 2.17. The Balaban J connectivity index is 2.05. The smallest absolute Gasteiger partial charge is 0.244 e. The molecule has 22 heavy (non-hydrogen) atoms. The summed E-state index contributed by atoms with van der Waals surface area (Å²) in [7, 11) is -3.76. The predicted molar refractivity (Wildman–Crippen MR) is 89.4 cm³/mol. The van der Waals surface area contributed by atoms with Crippen molar-refractivity contribution >= 4 is 48.3 Å². The topological polar surface area (TPSA) is 88.2 Å². The summed E-state index contributed by atoms with van der Waals surface area (Å²) >= 11 is 4.56. The molecule has 2 N–H and O–H groups in total. The van der Waals surface area contributed by atoms with Gasteiger partial charge in [0.2, 0.25) is 15.9 Å². The Morgan fingerprint density at radius 2 is 1.95 bits per heavy atom. The molecule has 0 unspecified atom stereocenters. The van der Waals surface area contributed by atoms with Crippen LogP contribution in [0.25, 0.3) is 0 Å². The van der Waals surface area contributed by atoms with Crippen LogP contribution in [0.3, 0.4) is 0 Å². The van der Waals surface area contributed by atoms with Crippen molar-refractivity contribution in [3.63, 3.8) is 0 Å². The summed E-state index contributed by atoms with van der Waals surface area (Å²) in [5.41, 5.74) is 0. The number of thiazole rings is 1. The van der Waals surface area contributed by atoms with Gasteiger partial charge < -0.3 is 5.32 Å². The van der Waals surface area contributed by atoms with Gasteiger partial charge in [-0.15, -0.1) is 11.3 Å². The van der Waals surface area contributed by atoms with Crippen LogP contribution < -0.4 is 10.0 Å². The maximum atomic E-state index is 12.2. The normalized spacial score (nSPS) is 12.9. The van der Waals surface area contributed by atoms with Gasteiger partial charge in [0.05, 0.1) is 10.9 Å². The van der Waals surface area contributed by atoms with Gasteiger partial charge >= 0.3 is 0 Å². The molecule has 2 aromatic rings. The molecule has 9 heteroatoms. The highest BCUT2D eigenvalue weighted by atomic mass is 79.9. The first kappa shape index (κ1) is 17.1. The second-order valence-electron chi connectivity index (χ2n) is 4.56. The van der Waals surface area contributed by atoms with E-state index in [1.807, 2.05) is 6.92 Å². The van der Waals surface area contributed by atoms with Crippen LogP contribution in [0.2, 0.25) is 0 Å². The van der Waals surface area contributed by atoms with E-state index in [4.69, 9.17) is 0 Å². The summed E-state index contributed by atoms with van der Waals surface area (Å²) in [6, 6.07) is 5.25. The van der Waals surface area contributed by atoms with Gasteiger partial charge in [-0.05, 0) is 38.1 Å². The van der Waals surface area contributed by atoms with E-state index in [9.17, 15) is 13.2 Å². The molecule has 0 aliphatic rings. The summed E-state index contributed by atoms with van der Waals surface area (Å²) < 4.78 is 27.5. The monoisotopic (exact) mass is 403 g/mol. The molecule has 6 nitrogen and oxygen atoms in total. The zero-order valence-electron chi connectivity index (χ0n) is 11.8. The third-order valence-corrected chi connectivity index (χ3v) is 5.61. The van der Waals surface area contributed by atoms with E-state index in [0.29, 0.717) is 5.13 Å². The molecule has 1 amide bonds. The minimum absolute atomic E-state index is 0.0976. The molecule has 1 aromatic carbocycles. The molecule has 118 valence electrons. The molecule has 0 fully saturated rings. The van der Waals surface area contributed by atoms with E-state index in [0.717, 1.165) is 9.35 Å². The molecular weight excluding hydrogens is 390 g/mol. The highest BCUT2D eigenvalue weighted by Gasteiger charge is 2.22. The summed E-state index contributed by atoms with van der Waals surface area (Å²) in [6.07, 6.45) is 1.64. The number of aromatic nitrogens is 1. The van der Waals surface area contributed by atoms with Crippen molar-refractivity contribution in [1.29, 1.82) is 0 Å². The third kappa shape index (κ3) is 4.35. The highest BCUT2D eigenvalue weighted by molar-refractivity contribution is 9.10. The Hall–Kier alpha value is -1.29. The molecule has 0 saturated heterocycles. The van der Waals surface area contributed by atoms with Gasteiger partial charge in [-0.3, -0.25) is 4.79 Å². The van der Waals surface area contributed by atoms with E-state index in [1.54, 1.807) is 18.3 Å². The fourth-order valence-corrected chi connectivity index (χ4v) is 3.73. The lowest BCUT2D eigenvalue weighted by atomic mass is 10.3. The van der Waals surface area contributed by atoms with Crippen molar-refractivity contribution in [3.05, 3.63) is 39.8 Å². The Morgan fingerprint density at radius 3 is 2.50 bits per heavy atom. The van der Waals surface area contributed by atoms with E-state index in [-0.39, 0.29) is 4.90 Å². The molecule has 1 heterocycles. The number of amides is 1. The average Bonchev–Trinajstić information content (AvgIpc) is 2.84. The quantitative estimate of drug-likeness (QED) is 0.802. The first-order chi connectivity index (χ1) is 10.3. The minimum atomic E-state index is -3.76. The Morgan fingerprint density at radius 1 is 1.32 bits per heavy atom. The second kappa shape index (κ2) is 6.86. The number of nitrogens with zero attached hydrogens (tertiary/aromatic N) is 1. The SMILES string of the molecule is Cc1cnc(NC(=O)[C@H](C)NS(=O)(=O)c2ccc(Br)cc2)s1. The summed E-state index contributed by atoms with van der Waals surface area (Å²) in [5, 5.41) is 3.02. The molecule has 0 spiro atoms. The van der Waals surface area contributed by atoms with Gasteiger partial charge in [0.15, 0.2) is 5.13 Å². The van der Waals surface area contributed by atoms with Crippen molar-refractivity contribution in [2.45, 2.75) is 24.8 Å². The molecule has 0 bridgehead atoms. The zero-order valence-corrected chi connectivity index (χ0v) is 15.0. The van der Waals surface area contributed by atoms with E-state index in [2.05, 4.69) is 31.0 Å². The minimum Gasteiger partial charge on any atom is -0.301 e. The molecular formula is C13H14BrN3O3S2. The number of aryl methyl sites for hydroxylation is 1. The van der Waals surface area contributed by atoms with Gasteiger partial charge in [0.25, 0.3) is 0 Å². The van der Waals surface area contributed by atoms with E-state index < -0.39 is 22.0 Å². The van der Waals surface area contributed by atoms with Crippen LogP contribution >= 0.6 is 27.3 Å². The fraction of sp³-hybridized carbons (Fsp3) is 0.231. The lowest BCUT2D eigenvalue weighted by Crippen LogP contribution is -2.41. The zero-order chi connectivity index (χ0) is 16.3. The van der Waals surface area contributed by atoms with Crippen LogP contribution in [0, 0.1) is 6.92 Å². The number of anilines is 1. The summed E-state index contributed by atoms with van der Waals surface area (Å²) in [4.78, 5) is 17.1. The summed E-state index contributed by atoms with van der Waals surface area (Å²) in [6.45, 7) is 3.35. The fourth-order valence-electron chi connectivity index (χ4n) is 1.59. The molecule has 1 atom stereocenters. The molecule has 2 rings (SSSR count). The van der Waals surface area contributed by atoms with Crippen LogP contribution in [-0.2, 0) is 14.8 Å². The van der Waals surface area contributed by atoms with Crippen molar-refractivity contribution in [1.82, 2.24) is 9.71 Å². The maximum Gasteiger partial charge on any atom is 0.244 e. The molecule has 0 aliphatic carbocycles. The Bertz CT molecular complexity index is 772. The number of hydrogen-bond donors (Lipinski definition) is 2. The molecule has 1 aromatic heterocycles. The van der Waals surface area contributed by atoms with E-state index >= 15 is 0 Å². The van der Waals surface area contributed by atoms with Crippen LogP contribution in [0.15, 0.2) is 39.8 Å². The van der Waals surface area contributed by atoms with Gasteiger partial charge in [-0.2, -0.15) is 4.72 Å². The van der Waals surface area contributed by atoms with Crippen molar-refractivity contribution in [3.8, 4) is 0 Å². The van der Waals surface area contributed by atoms with Crippen LogP contribution in [0.4, 0.5) is 5.13 Å². The predicted octanol–water partition coefficient (Wildman–Crippen LogP) is 2.52. The van der Waals surface area contributed by atoms with Crippen molar-refractivity contribution in [2.24, 2.45) is 0 Å². The van der Waals surface area contributed by atoms with Gasteiger partial charge in [-0.1, -0.05) is 15.9 Å².